The SMILES string of the molecule is Cc1c(/N=N/c2ccc(S(=O)(=O)NCCOCCO)cc2)c(O)n(CCC(C)C)c(=O)c1N. The predicted molar refractivity (Wildman–Crippen MR) is 125 cm³/mol. The van der Waals surface area contributed by atoms with Crippen molar-refractivity contribution in [2.24, 2.45) is 16.1 Å². The Morgan fingerprint density at radius 2 is 1.85 bits per heavy atom. The van der Waals surface area contributed by atoms with Crippen LogP contribution >= 0.6 is 0 Å². The van der Waals surface area contributed by atoms with Crippen molar-refractivity contribution >= 4 is 27.1 Å². The number of pyridine rings is 1. The molecule has 0 spiro atoms. The molecule has 2 aromatic rings. The van der Waals surface area contributed by atoms with Gasteiger partial charge in [-0.3, -0.25) is 9.36 Å². The maximum atomic E-state index is 12.4. The van der Waals surface area contributed by atoms with Crippen molar-refractivity contribution in [1.82, 2.24) is 9.29 Å². The molecule has 0 saturated carbocycles. The third kappa shape index (κ3) is 7.09. The predicted octanol–water partition coefficient (Wildman–Crippen LogP) is 2.19. The Kier molecular flexibility index (Phi) is 9.53. The van der Waals surface area contributed by atoms with Crippen molar-refractivity contribution in [2.75, 3.05) is 32.1 Å². The summed E-state index contributed by atoms with van der Waals surface area (Å²) in [5.74, 6) is 0.00386. The minimum Gasteiger partial charge on any atom is -0.493 e. The summed E-state index contributed by atoms with van der Waals surface area (Å²) in [6.07, 6.45) is 0.671. The molecular weight excluding hydrogens is 450 g/mol. The van der Waals surface area contributed by atoms with Crippen LogP contribution in [0.2, 0.25) is 0 Å². The fourth-order valence-corrected chi connectivity index (χ4v) is 3.85. The van der Waals surface area contributed by atoms with Crippen LogP contribution in [0.3, 0.4) is 0 Å². The van der Waals surface area contributed by atoms with Gasteiger partial charge < -0.3 is 20.7 Å². The average molecular weight is 482 g/mol. The van der Waals surface area contributed by atoms with Gasteiger partial charge in [0.1, 0.15) is 5.69 Å². The van der Waals surface area contributed by atoms with Crippen LogP contribution in [0.5, 0.6) is 5.88 Å². The van der Waals surface area contributed by atoms with Crippen LogP contribution in [0, 0.1) is 12.8 Å². The summed E-state index contributed by atoms with van der Waals surface area (Å²) in [5.41, 5.74) is 6.17. The largest absolute Gasteiger partial charge is 0.493 e. The van der Waals surface area contributed by atoms with Gasteiger partial charge in [0.15, 0.2) is 5.69 Å². The molecule has 12 heteroatoms. The molecule has 0 aliphatic carbocycles. The zero-order valence-electron chi connectivity index (χ0n) is 19.0. The molecular formula is C21H31N5O6S. The number of aliphatic hydroxyl groups excluding tert-OH is 1. The molecule has 33 heavy (non-hydrogen) atoms. The molecule has 0 bridgehead atoms. The molecule has 0 aliphatic heterocycles. The fourth-order valence-electron chi connectivity index (χ4n) is 2.84. The molecule has 0 fully saturated rings. The molecule has 2 rings (SSSR count). The molecule has 0 amide bonds. The Morgan fingerprint density at radius 3 is 2.45 bits per heavy atom. The highest BCUT2D eigenvalue weighted by atomic mass is 32.2. The first-order chi connectivity index (χ1) is 15.6. The molecule has 0 radical (unpaired) electrons. The van der Waals surface area contributed by atoms with Gasteiger partial charge >= 0.3 is 0 Å². The van der Waals surface area contributed by atoms with E-state index in [4.69, 9.17) is 15.6 Å². The van der Waals surface area contributed by atoms with Gasteiger partial charge in [0, 0.05) is 18.7 Å². The first-order valence-electron chi connectivity index (χ1n) is 10.5. The summed E-state index contributed by atoms with van der Waals surface area (Å²) in [6, 6.07) is 5.67. The van der Waals surface area contributed by atoms with E-state index in [-0.39, 0.29) is 48.5 Å². The van der Waals surface area contributed by atoms with Gasteiger partial charge in [0.2, 0.25) is 15.9 Å². The number of hydrogen-bond acceptors (Lipinski definition) is 9. The fraction of sp³-hybridized carbons (Fsp3) is 0.476. The van der Waals surface area contributed by atoms with Gasteiger partial charge in [-0.25, -0.2) is 13.1 Å². The Hall–Kier alpha value is -2.80. The number of nitrogen functional groups attached to an aromatic ring is 1. The van der Waals surface area contributed by atoms with Crippen LogP contribution in [-0.4, -0.2) is 49.6 Å². The van der Waals surface area contributed by atoms with E-state index in [0.717, 1.165) is 0 Å². The van der Waals surface area contributed by atoms with E-state index in [0.29, 0.717) is 30.1 Å². The number of rotatable bonds is 12. The summed E-state index contributed by atoms with van der Waals surface area (Å²) in [4.78, 5) is 12.5. The second kappa shape index (κ2) is 11.9. The van der Waals surface area contributed by atoms with Gasteiger partial charge in [-0.15, -0.1) is 5.11 Å². The first-order valence-corrected chi connectivity index (χ1v) is 12.0. The summed E-state index contributed by atoms with van der Waals surface area (Å²) >= 11 is 0. The molecule has 1 aromatic carbocycles. The number of ether oxygens (including phenoxy) is 1. The van der Waals surface area contributed by atoms with E-state index in [1.807, 2.05) is 13.8 Å². The molecule has 1 heterocycles. The van der Waals surface area contributed by atoms with Crippen molar-refractivity contribution in [2.45, 2.75) is 38.6 Å². The van der Waals surface area contributed by atoms with E-state index in [9.17, 15) is 18.3 Å². The molecule has 0 aliphatic rings. The number of benzene rings is 1. The first kappa shape index (κ1) is 26.5. The van der Waals surface area contributed by atoms with Crippen LogP contribution in [0.15, 0.2) is 44.2 Å². The highest BCUT2D eigenvalue weighted by molar-refractivity contribution is 7.89. The third-order valence-electron chi connectivity index (χ3n) is 4.82. The van der Waals surface area contributed by atoms with E-state index in [1.54, 1.807) is 6.92 Å². The van der Waals surface area contributed by atoms with E-state index in [2.05, 4.69) is 15.0 Å². The number of sulfonamides is 1. The topological polar surface area (TPSA) is 169 Å². The van der Waals surface area contributed by atoms with Crippen LogP contribution < -0.4 is 16.0 Å². The molecule has 5 N–H and O–H groups in total. The Morgan fingerprint density at radius 1 is 1.18 bits per heavy atom. The number of anilines is 1. The minimum absolute atomic E-state index is 0.0130. The summed E-state index contributed by atoms with van der Waals surface area (Å²) in [7, 11) is -3.73. The lowest BCUT2D eigenvalue weighted by molar-refractivity contribution is 0.0961. The normalized spacial score (nSPS) is 12.2. The van der Waals surface area contributed by atoms with Crippen molar-refractivity contribution in [1.29, 1.82) is 0 Å². The Bertz CT molecular complexity index is 1130. The van der Waals surface area contributed by atoms with Crippen LogP contribution in [0.4, 0.5) is 17.1 Å². The van der Waals surface area contributed by atoms with Crippen molar-refractivity contribution in [3.05, 3.63) is 40.2 Å². The average Bonchev–Trinajstić information content (AvgIpc) is 2.77. The van der Waals surface area contributed by atoms with Crippen molar-refractivity contribution in [3.8, 4) is 5.88 Å². The third-order valence-corrected chi connectivity index (χ3v) is 6.30. The number of hydrogen-bond donors (Lipinski definition) is 4. The number of aliphatic hydroxyl groups is 1. The van der Waals surface area contributed by atoms with Crippen LogP contribution in [-0.2, 0) is 21.3 Å². The number of aromatic nitrogens is 1. The zero-order chi connectivity index (χ0) is 24.6. The molecule has 1 aromatic heterocycles. The van der Waals surface area contributed by atoms with Gasteiger partial charge in [-0.1, -0.05) is 13.8 Å². The van der Waals surface area contributed by atoms with E-state index in [1.165, 1.54) is 28.8 Å². The van der Waals surface area contributed by atoms with Crippen molar-refractivity contribution < 1.29 is 23.4 Å². The van der Waals surface area contributed by atoms with Gasteiger partial charge in [0.25, 0.3) is 5.56 Å². The molecule has 0 unspecified atom stereocenters. The van der Waals surface area contributed by atoms with E-state index < -0.39 is 15.6 Å². The number of aromatic hydroxyl groups is 1. The van der Waals surface area contributed by atoms with Gasteiger partial charge in [-0.2, -0.15) is 5.11 Å². The van der Waals surface area contributed by atoms with Crippen molar-refractivity contribution in [3.63, 3.8) is 0 Å². The Labute approximate surface area is 193 Å². The van der Waals surface area contributed by atoms with Gasteiger partial charge in [0.05, 0.1) is 30.4 Å². The standard InChI is InChI=1S/C21H31N5O6S/c1-14(2)8-10-26-20(28)18(22)15(3)19(21(26)29)25-24-16-4-6-17(7-5-16)33(30,31)23-9-12-32-13-11-27/h4-7,14,23,27,29H,8-13,22H2,1-3H3/b25-24+. The number of nitrogens with one attached hydrogen (secondary N) is 1. The smallest absolute Gasteiger partial charge is 0.276 e. The number of nitrogens with two attached hydrogens (primary N) is 1. The summed E-state index contributed by atoms with van der Waals surface area (Å²) < 4.78 is 33.2. The second-order valence-corrected chi connectivity index (χ2v) is 9.54. The van der Waals surface area contributed by atoms with Crippen LogP contribution in [0.25, 0.3) is 0 Å². The monoisotopic (exact) mass is 481 g/mol. The minimum atomic E-state index is -3.73. The summed E-state index contributed by atoms with van der Waals surface area (Å²) in [5, 5.41) is 27.4. The lowest BCUT2D eigenvalue weighted by Crippen LogP contribution is -2.27. The molecule has 0 saturated heterocycles. The maximum Gasteiger partial charge on any atom is 0.276 e. The second-order valence-electron chi connectivity index (χ2n) is 7.78. The summed E-state index contributed by atoms with van der Waals surface area (Å²) in [6.45, 7) is 6.08. The van der Waals surface area contributed by atoms with Crippen LogP contribution in [0.1, 0.15) is 25.8 Å². The molecule has 0 atom stereocenters. The lowest BCUT2D eigenvalue weighted by Gasteiger charge is -2.14. The Balaban J connectivity index is 2.20. The maximum absolute atomic E-state index is 12.4. The molecule has 182 valence electrons. The highest BCUT2D eigenvalue weighted by Gasteiger charge is 2.18. The van der Waals surface area contributed by atoms with Gasteiger partial charge in [-0.05, 0) is 43.5 Å². The zero-order valence-corrected chi connectivity index (χ0v) is 19.8. The number of azo groups is 1. The molecule has 11 nitrogen and oxygen atoms in total. The van der Waals surface area contributed by atoms with E-state index >= 15 is 0 Å². The highest BCUT2D eigenvalue weighted by Crippen LogP contribution is 2.33. The quantitative estimate of drug-likeness (QED) is 0.266. The lowest BCUT2D eigenvalue weighted by atomic mass is 10.1. The number of nitrogens with zero attached hydrogens (tertiary/aromatic N) is 3.